The summed E-state index contributed by atoms with van der Waals surface area (Å²) >= 11 is 1.06. The zero-order valence-electron chi connectivity index (χ0n) is 10.6. The predicted octanol–water partition coefficient (Wildman–Crippen LogP) is 0.603. The van der Waals surface area contributed by atoms with Crippen LogP contribution in [0.2, 0.25) is 0 Å². The van der Waals surface area contributed by atoms with Crippen LogP contribution in [0.25, 0.3) is 0 Å². The molecule has 0 saturated heterocycles. The molecule has 0 aliphatic rings. The first-order chi connectivity index (χ1) is 8.42. The van der Waals surface area contributed by atoms with E-state index in [4.69, 9.17) is 10.9 Å². The molecule has 1 heterocycles. The maximum Gasteiger partial charge on any atom is 0.264 e. The van der Waals surface area contributed by atoms with Gasteiger partial charge < -0.3 is 16.3 Å². The molecule has 18 heavy (non-hydrogen) atoms. The number of hydrogen-bond acceptors (Lipinski definition) is 6. The van der Waals surface area contributed by atoms with Crippen LogP contribution in [-0.2, 0) is 6.42 Å². The average Bonchev–Trinajstić information content (AvgIpc) is 2.83. The van der Waals surface area contributed by atoms with Gasteiger partial charge >= 0.3 is 0 Å². The van der Waals surface area contributed by atoms with Crippen LogP contribution in [0.15, 0.2) is 5.16 Å². The van der Waals surface area contributed by atoms with E-state index in [1.807, 2.05) is 6.92 Å². The Morgan fingerprint density at radius 1 is 1.61 bits per heavy atom. The smallest absolute Gasteiger partial charge is 0.264 e. The second-order valence-corrected chi connectivity index (χ2v) is 5.21. The number of nitrogens with zero attached hydrogens (tertiary/aromatic N) is 3. The fourth-order valence-corrected chi connectivity index (χ4v) is 1.89. The van der Waals surface area contributed by atoms with E-state index in [1.165, 1.54) is 0 Å². The topological polar surface area (TPSA) is 113 Å². The Kier molecular flexibility index (Phi) is 4.60. The number of rotatable bonds is 5. The Hall–Kier alpha value is -1.70. The van der Waals surface area contributed by atoms with E-state index in [9.17, 15) is 4.79 Å². The zero-order valence-corrected chi connectivity index (χ0v) is 11.4. The highest BCUT2D eigenvalue weighted by Crippen LogP contribution is 2.15. The van der Waals surface area contributed by atoms with Crippen molar-refractivity contribution in [2.24, 2.45) is 16.3 Å². The summed E-state index contributed by atoms with van der Waals surface area (Å²) in [6.45, 7) is 5.72. The number of carbonyl (C=O) groups excluding carboxylic acids is 1. The average molecular weight is 271 g/mol. The van der Waals surface area contributed by atoms with Crippen molar-refractivity contribution in [2.75, 3.05) is 6.54 Å². The minimum absolute atomic E-state index is 0.0703. The number of nitrogens with one attached hydrogen (secondary N) is 1. The Morgan fingerprint density at radius 2 is 2.28 bits per heavy atom. The Morgan fingerprint density at radius 3 is 2.83 bits per heavy atom. The third kappa shape index (κ3) is 3.16. The number of amidine groups is 1. The van der Waals surface area contributed by atoms with Gasteiger partial charge in [-0.25, -0.2) is 0 Å². The molecular weight excluding hydrogens is 254 g/mol. The fourth-order valence-electron chi connectivity index (χ4n) is 1.22. The minimum atomic E-state index is -0.616. The molecule has 1 aromatic rings. The number of carbonyl (C=O) groups is 1. The highest BCUT2D eigenvalue weighted by molar-refractivity contribution is 7.08. The molecule has 0 radical (unpaired) electrons. The molecule has 0 saturated carbocycles. The van der Waals surface area contributed by atoms with Gasteiger partial charge in [0.15, 0.2) is 0 Å². The largest absolute Gasteiger partial charge is 0.409 e. The van der Waals surface area contributed by atoms with Crippen LogP contribution in [0.3, 0.4) is 0 Å². The maximum absolute atomic E-state index is 11.9. The van der Waals surface area contributed by atoms with Gasteiger partial charge in [-0.15, -0.1) is 5.10 Å². The second kappa shape index (κ2) is 5.76. The molecule has 0 unspecified atom stereocenters. The molecule has 0 atom stereocenters. The van der Waals surface area contributed by atoms with Gasteiger partial charge in [0.25, 0.3) is 5.91 Å². The fraction of sp³-hybridized carbons (Fsp3) is 0.600. The van der Waals surface area contributed by atoms with Gasteiger partial charge in [-0.3, -0.25) is 4.79 Å². The summed E-state index contributed by atoms with van der Waals surface area (Å²) in [6, 6.07) is 0. The standard InChI is InChI=1S/C10H17N5O2S/c1-4-6-7(18-15-13-6)8(16)12-5-10(2,3)9(11)14-17/h17H,4-5H2,1-3H3,(H2,11,14)(H,12,16). The van der Waals surface area contributed by atoms with Crippen molar-refractivity contribution >= 4 is 23.3 Å². The van der Waals surface area contributed by atoms with E-state index < -0.39 is 5.41 Å². The monoisotopic (exact) mass is 271 g/mol. The number of oxime groups is 1. The van der Waals surface area contributed by atoms with E-state index in [-0.39, 0.29) is 18.3 Å². The minimum Gasteiger partial charge on any atom is -0.409 e. The van der Waals surface area contributed by atoms with Crippen LogP contribution in [0.4, 0.5) is 0 Å². The summed E-state index contributed by atoms with van der Waals surface area (Å²) in [6.07, 6.45) is 0.656. The first kappa shape index (κ1) is 14.4. The molecule has 0 fully saturated rings. The van der Waals surface area contributed by atoms with E-state index in [1.54, 1.807) is 13.8 Å². The second-order valence-electron chi connectivity index (χ2n) is 4.45. The number of hydrogen-bond donors (Lipinski definition) is 3. The molecule has 0 aliphatic heterocycles. The van der Waals surface area contributed by atoms with Gasteiger partial charge in [0, 0.05) is 12.0 Å². The van der Waals surface area contributed by atoms with Crippen molar-refractivity contribution in [1.82, 2.24) is 14.9 Å². The van der Waals surface area contributed by atoms with Crippen LogP contribution in [0, 0.1) is 5.41 Å². The highest BCUT2D eigenvalue weighted by Gasteiger charge is 2.25. The summed E-state index contributed by atoms with van der Waals surface area (Å²) < 4.78 is 3.75. The highest BCUT2D eigenvalue weighted by atomic mass is 32.1. The lowest BCUT2D eigenvalue weighted by atomic mass is 9.92. The third-order valence-electron chi connectivity index (χ3n) is 2.59. The molecule has 1 amide bonds. The van der Waals surface area contributed by atoms with E-state index >= 15 is 0 Å². The molecule has 100 valence electrons. The maximum atomic E-state index is 11.9. The lowest BCUT2D eigenvalue weighted by molar-refractivity contribution is 0.0947. The van der Waals surface area contributed by atoms with Crippen LogP contribution in [0.5, 0.6) is 0 Å². The number of aromatic nitrogens is 2. The predicted molar refractivity (Wildman–Crippen MR) is 68.8 cm³/mol. The molecule has 0 bridgehead atoms. The first-order valence-electron chi connectivity index (χ1n) is 5.49. The Labute approximate surface area is 109 Å². The summed E-state index contributed by atoms with van der Waals surface area (Å²) in [5, 5.41) is 18.2. The van der Waals surface area contributed by atoms with Crippen molar-refractivity contribution in [3.63, 3.8) is 0 Å². The van der Waals surface area contributed by atoms with Crippen molar-refractivity contribution < 1.29 is 10.0 Å². The van der Waals surface area contributed by atoms with Crippen LogP contribution < -0.4 is 11.1 Å². The normalized spacial score (nSPS) is 12.5. The summed E-state index contributed by atoms with van der Waals surface area (Å²) in [5.41, 5.74) is 5.60. The van der Waals surface area contributed by atoms with Gasteiger partial charge in [0.05, 0.1) is 5.69 Å². The summed E-state index contributed by atoms with van der Waals surface area (Å²) in [4.78, 5) is 12.4. The zero-order chi connectivity index (χ0) is 13.8. The van der Waals surface area contributed by atoms with Crippen LogP contribution in [0.1, 0.15) is 36.1 Å². The third-order valence-corrected chi connectivity index (χ3v) is 3.36. The molecule has 4 N–H and O–H groups in total. The number of amides is 1. The number of nitrogens with two attached hydrogens (primary N) is 1. The van der Waals surface area contributed by atoms with Crippen molar-refractivity contribution in [3.8, 4) is 0 Å². The molecule has 8 heteroatoms. The van der Waals surface area contributed by atoms with Gasteiger partial charge in [-0.1, -0.05) is 30.4 Å². The molecular formula is C10H17N5O2S. The molecule has 0 aliphatic carbocycles. The van der Waals surface area contributed by atoms with Crippen molar-refractivity contribution in [1.29, 1.82) is 0 Å². The molecule has 1 aromatic heterocycles. The van der Waals surface area contributed by atoms with E-state index in [0.717, 1.165) is 11.5 Å². The molecule has 7 nitrogen and oxygen atoms in total. The van der Waals surface area contributed by atoms with Gasteiger partial charge in [0.2, 0.25) is 0 Å². The quantitative estimate of drug-likeness (QED) is 0.314. The summed E-state index contributed by atoms with van der Waals surface area (Å²) in [7, 11) is 0. The van der Waals surface area contributed by atoms with E-state index in [2.05, 4.69) is 20.1 Å². The van der Waals surface area contributed by atoms with E-state index in [0.29, 0.717) is 17.0 Å². The van der Waals surface area contributed by atoms with Crippen LogP contribution in [-0.4, -0.2) is 33.1 Å². The van der Waals surface area contributed by atoms with Crippen LogP contribution >= 0.6 is 11.5 Å². The lowest BCUT2D eigenvalue weighted by Gasteiger charge is -2.22. The molecule has 1 rings (SSSR count). The number of aryl methyl sites for hydroxylation is 1. The molecule has 0 spiro atoms. The Bertz CT molecular complexity index is 455. The Balaban J connectivity index is 2.67. The molecule has 0 aromatic carbocycles. The lowest BCUT2D eigenvalue weighted by Crippen LogP contribution is -2.42. The van der Waals surface area contributed by atoms with Gasteiger partial charge in [0.1, 0.15) is 10.7 Å². The van der Waals surface area contributed by atoms with Gasteiger partial charge in [-0.05, 0) is 18.0 Å². The van der Waals surface area contributed by atoms with Crippen molar-refractivity contribution in [3.05, 3.63) is 10.6 Å². The van der Waals surface area contributed by atoms with Gasteiger partial charge in [-0.2, -0.15) is 0 Å². The SMILES string of the molecule is CCc1nnsc1C(=O)NCC(C)(C)C(N)=NO. The van der Waals surface area contributed by atoms with Crippen molar-refractivity contribution in [2.45, 2.75) is 27.2 Å². The first-order valence-corrected chi connectivity index (χ1v) is 6.27. The summed E-state index contributed by atoms with van der Waals surface area (Å²) in [5.74, 6) is -0.165.